The highest BCUT2D eigenvalue weighted by molar-refractivity contribution is 6.17. The van der Waals surface area contributed by atoms with Crippen molar-refractivity contribution in [1.29, 1.82) is 0 Å². The molecule has 1 heterocycles. The first kappa shape index (κ1) is 21.0. The van der Waals surface area contributed by atoms with Gasteiger partial charge in [0, 0.05) is 17.3 Å². The zero-order chi connectivity index (χ0) is 21.3. The monoisotopic (exact) mass is 397 g/mol. The number of carbonyl (C=O) groups is 3. The zero-order valence-electron chi connectivity index (χ0n) is 17.5. The van der Waals surface area contributed by atoms with Crippen LogP contribution in [0.15, 0.2) is 40.5 Å². The van der Waals surface area contributed by atoms with Crippen molar-refractivity contribution >= 4 is 23.4 Å². The van der Waals surface area contributed by atoms with E-state index in [0.29, 0.717) is 17.7 Å². The van der Waals surface area contributed by atoms with Gasteiger partial charge in [-0.25, -0.2) is 4.79 Å². The first-order chi connectivity index (χ1) is 13.8. The summed E-state index contributed by atoms with van der Waals surface area (Å²) in [5.41, 5.74) is 3.58. The highest BCUT2D eigenvalue weighted by atomic mass is 16.5. The number of benzene rings is 1. The van der Waals surface area contributed by atoms with Gasteiger partial charge >= 0.3 is 11.9 Å². The van der Waals surface area contributed by atoms with Crippen LogP contribution in [0, 0.1) is 24.7 Å². The number of nitrogens with zero attached hydrogens (tertiary/aromatic N) is 1. The van der Waals surface area contributed by atoms with Crippen LogP contribution in [0.1, 0.15) is 44.2 Å². The molecule has 0 unspecified atom stereocenters. The molecule has 0 radical (unpaired) electrons. The molecule has 29 heavy (non-hydrogen) atoms. The van der Waals surface area contributed by atoms with E-state index in [9.17, 15) is 14.4 Å². The second-order valence-corrected chi connectivity index (χ2v) is 7.77. The summed E-state index contributed by atoms with van der Waals surface area (Å²) in [5.74, 6) is -3.53. The lowest BCUT2D eigenvalue weighted by Gasteiger charge is -2.40. The molecule has 4 atom stereocenters. The van der Waals surface area contributed by atoms with E-state index in [4.69, 9.17) is 9.47 Å². The van der Waals surface area contributed by atoms with Crippen molar-refractivity contribution in [1.82, 2.24) is 0 Å². The smallest absolute Gasteiger partial charge is 0.336 e. The van der Waals surface area contributed by atoms with Crippen LogP contribution in [0.3, 0.4) is 0 Å². The molecule has 1 aliphatic heterocycles. The molecule has 1 aliphatic carbocycles. The Morgan fingerprint density at radius 3 is 2.38 bits per heavy atom. The Labute approximate surface area is 171 Å². The number of ether oxygens (including phenoxy) is 2. The third-order valence-corrected chi connectivity index (χ3v) is 5.80. The fourth-order valence-corrected chi connectivity index (χ4v) is 4.44. The van der Waals surface area contributed by atoms with Crippen LogP contribution in [0.5, 0.6) is 0 Å². The standard InChI is InChI=1S/C23H27NO5/c1-6-29-23(27)18-14(4)24-16-11-13(3)17(22(26)28-5)21(25)20(16)19(18)15-9-7-12(2)8-10-15/h7-10,13,17,19-20H,6,11H2,1-5H3/t13-,17+,19-,20+/m1/s1. The maximum Gasteiger partial charge on any atom is 0.336 e. The Hall–Kier alpha value is -2.76. The Morgan fingerprint density at radius 1 is 1.14 bits per heavy atom. The molecule has 2 aliphatic rings. The highest BCUT2D eigenvalue weighted by Crippen LogP contribution is 2.45. The molecule has 0 saturated heterocycles. The summed E-state index contributed by atoms with van der Waals surface area (Å²) in [5, 5.41) is 0. The lowest BCUT2D eigenvalue weighted by molar-refractivity contribution is -0.152. The molecule has 1 saturated carbocycles. The first-order valence-electron chi connectivity index (χ1n) is 9.93. The van der Waals surface area contributed by atoms with E-state index in [1.165, 1.54) is 7.11 Å². The number of rotatable bonds is 4. The summed E-state index contributed by atoms with van der Waals surface area (Å²) in [6.45, 7) is 7.59. The van der Waals surface area contributed by atoms with Crippen LogP contribution in [0.4, 0.5) is 0 Å². The molecular formula is C23H27NO5. The van der Waals surface area contributed by atoms with Crippen LogP contribution < -0.4 is 0 Å². The Bertz CT molecular complexity index is 896. The van der Waals surface area contributed by atoms with Gasteiger partial charge in [0.25, 0.3) is 0 Å². The molecule has 0 N–H and O–H groups in total. The number of esters is 2. The maximum atomic E-state index is 13.5. The van der Waals surface area contributed by atoms with Gasteiger partial charge in [0.1, 0.15) is 5.92 Å². The van der Waals surface area contributed by atoms with E-state index < -0.39 is 29.7 Å². The lowest BCUT2D eigenvalue weighted by atomic mass is 9.63. The maximum absolute atomic E-state index is 13.5. The molecule has 6 nitrogen and oxygen atoms in total. The molecule has 6 heteroatoms. The second-order valence-electron chi connectivity index (χ2n) is 7.77. The topological polar surface area (TPSA) is 82.0 Å². The van der Waals surface area contributed by atoms with Crippen LogP contribution in [0.2, 0.25) is 0 Å². The van der Waals surface area contributed by atoms with E-state index in [0.717, 1.165) is 16.8 Å². The number of hydrogen-bond donors (Lipinski definition) is 0. The van der Waals surface area contributed by atoms with Crippen LogP contribution in [-0.2, 0) is 23.9 Å². The average molecular weight is 397 g/mol. The number of aryl methyl sites for hydroxylation is 1. The number of aliphatic imine (C=N–C) groups is 1. The Kier molecular flexibility index (Phi) is 6.01. The largest absolute Gasteiger partial charge is 0.468 e. The quantitative estimate of drug-likeness (QED) is 0.575. The second kappa shape index (κ2) is 8.31. The van der Waals surface area contributed by atoms with E-state index in [-0.39, 0.29) is 18.3 Å². The minimum absolute atomic E-state index is 0.208. The van der Waals surface area contributed by atoms with Gasteiger partial charge in [-0.15, -0.1) is 0 Å². The highest BCUT2D eigenvalue weighted by Gasteiger charge is 2.51. The number of methoxy groups -OCH3 is 1. The van der Waals surface area contributed by atoms with Crippen molar-refractivity contribution in [3.63, 3.8) is 0 Å². The van der Waals surface area contributed by atoms with Crippen molar-refractivity contribution in [3.05, 3.63) is 46.7 Å². The minimum Gasteiger partial charge on any atom is -0.468 e. The summed E-state index contributed by atoms with van der Waals surface area (Å²) in [4.78, 5) is 43.3. The van der Waals surface area contributed by atoms with Gasteiger partial charge in [-0.2, -0.15) is 0 Å². The van der Waals surface area contributed by atoms with Crippen LogP contribution in [0.25, 0.3) is 0 Å². The first-order valence-corrected chi connectivity index (χ1v) is 9.93. The summed E-state index contributed by atoms with van der Waals surface area (Å²) >= 11 is 0. The normalized spacial score (nSPS) is 26.5. The van der Waals surface area contributed by atoms with Crippen LogP contribution in [-0.4, -0.2) is 37.2 Å². The molecule has 0 amide bonds. The van der Waals surface area contributed by atoms with Gasteiger partial charge in [0.15, 0.2) is 5.78 Å². The third-order valence-electron chi connectivity index (χ3n) is 5.80. The fourth-order valence-electron chi connectivity index (χ4n) is 4.44. The van der Waals surface area contributed by atoms with Crippen molar-refractivity contribution in [2.45, 2.75) is 40.0 Å². The van der Waals surface area contributed by atoms with Gasteiger partial charge in [-0.3, -0.25) is 14.6 Å². The van der Waals surface area contributed by atoms with E-state index >= 15 is 0 Å². The average Bonchev–Trinajstić information content (AvgIpc) is 2.67. The Balaban J connectivity index is 2.17. The number of fused-ring (bicyclic) bond motifs is 1. The van der Waals surface area contributed by atoms with Crippen molar-refractivity contribution in [2.24, 2.45) is 22.7 Å². The predicted octanol–water partition coefficient (Wildman–Crippen LogP) is 3.38. The number of carbonyl (C=O) groups excluding carboxylic acids is 3. The van der Waals surface area contributed by atoms with E-state index in [2.05, 4.69) is 4.99 Å². The predicted molar refractivity (Wildman–Crippen MR) is 108 cm³/mol. The molecule has 1 fully saturated rings. The van der Waals surface area contributed by atoms with Crippen molar-refractivity contribution in [2.75, 3.05) is 13.7 Å². The van der Waals surface area contributed by atoms with E-state index in [1.54, 1.807) is 13.8 Å². The van der Waals surface area contributed by atoms with Gasteiger partial charge in [-0.1, -0.05) is 36.8 Å². The zero-order valence-corrected chi connectivity index (χ0v) is 17.5. The van der Waals surface area contributed by atoms with E-state index in [1.807, 2.05) is 38.1 Å². The van der Waals surface area contributed by atoms with Gasteiger partial charge in [0.2, 0.25) is 0 Å². The number of Topliss-reactive ketones (excluding diaryl/α,β-unsaturated/α-hetero) is 1. The fraction of sp³-hybridized carbons (Fsp3) is 0.478. The van der Waals surface area contributed by atoms with Gasteiger partial charge in [-0.05, 0) is 38.7 Å². The third kappa shape index (κ3) is 3.76. The molecule has 0 bridgehead atoms. The SMILES string of the molecule is CCOC(=O)C1=C(C)N=C2C[C@@H](C)[C@H](C(=O)OC)C(=O)[C@@H]2[C@@H]1c1ccc(C)cc1. The lowest BCUT2D eigenvalue weighted by Crippen LogP contribution is -2.48. The van der Waals surface area contributed by atoms with Crippen molar-refractivity contribution < 1.29 is 23.9 Å². The number of hydrogen-bond acceptors (Lipinski definition) is 6. The number of allylic oxidation sites excluding steroid dienone is 1. The molecule has 0 aromatic heterocycles. The molecular weight excluding hydrogens is 370 g/mol. The van der Waals surface area contributed by atoms with Gasteiger partial charge < -0.3 is 9.47 Å². The molecule has 0 spiro atoms. The summed E-state index contributed by atoms with van der Waals surface area (Å²) in [6.07, 6.45) is 0.506. The summed E-state index contributed by atoms with van der Waals surface area (Å²) in [7, 11) is 1.29. The summed E-state index contributed by atoms with van der Waals surface area (Å²) < 4.78 is 10.2. The Morgan fingerprint density at radius 2 is 1.79 bits per heavy atom. The molecule has 3 rings (SSSR count). The van der Waals surface area contributed by atoms with Crippen LogP contribution >= 0.6 is 0 Å². The number of ketones is 1. The summed E-state index contributed by atoms with van der Waals surface area (Å²) in [6, 6.07) is 7.75. The molecule has 1 aromatic carbocycles. The molecule has 154 valence electrons. The van der Waals surface area contributed by atoms with Gasteiger partial charge in [0.05, 0.1) is 25.2 Å². The molecule has 1 aromatic rings. The minimum atomic E-state index is -0.862. The van der Waals surface area contributed by atoms with Crippen molar-refractivity contribution in [3.8, 4) is 0 Å².